The van der Waals surface area contributed by atoms with Crippen molar-refractivity contribution in [2.75, 3.05) is 5.32 Å². The highest BCUT2D eigenvalue weighted by atomic mass is 19.1. The second-order valence-electron chi connectivity index (χ2n) is 5.37. The Morgan fingerprint density at radius 2 is 1.79 bits per heavy atom. The maximum atomic E-state index is 13.7. The predicted molar refractivity (Wildman–Crippen MR) is 87.3 cm³/mol. The topological polar surface area (TPSA) is 46.9 Å². The standard InChI is InChI=1S/C18H15F2N3O/c1-11-17(12(2)23(22-11)14-6-4-3-5-7-14)21-18(24)15-10-13(19)8-9-16(15)20/h3-10H,1-2H3,(H,21,24). The van der Waals surface area contributed by atoms with Crippen molar-refractivity contribution in [1.29, 1.82) is 0 Å². The number of hydrogen-bond acceptors (Lipinski definition) is 2. The van der Waals surface area contributed by atoms with Gasteiger partial charge in [0.2, 0.25) is 0 Å². The highest BCUT2D eigenvalue weighted by molar-refractivity contribution is 6.05. The van der Waals surface area contributed by atoms with Crippen LogP contribution in [0.1, 0.15) is 21.7 Å². The molecule has 0 atom stereocenters. The third-order valence-electron chi connectivity index (χ3n) is 3.70. The van der Waals surface area contributed by atoms with E-state index in [4.69, 9.17) is 0 Å². The normalized spacial score (nSPS) is 10.7. The van der Waals surface area contributed by atoms with E-state index in [9.17, 15) is 13.6 Å². The molecule has 2 aromatic carbocycles. The molecule has 24 heavy (non-hydrogen) atoms. The van der Waals surface area contributed by atoms with Gasteiger partial charge in [0.15, 0.2) is 0 Å². The number of benzene rings is 2. The lowest BCUT2D eigenvalue weighted by atomic mass is 10.2. The molecule has 0 radical (unpaired) electrons. The van der Waals surface area contributed by atoms with E-state index in [0.29, 0.717) is 17.1 Å². The summed E-state index contributed by atoms with van der Waals surface area (Å²) in [5, 5.41) is 7.03. The molecule has 0 aliphatic heterocycles. The third-order valence-corrected chi connectivity index (χ3v) is 3.70. The summed E-state index contributed by atoms with van der Waals surface area (Å²) < 4.78 is 28.7. The van der Waals surface area contributed by atoms with Crippen molar-refractivity contribution in [2.45, 2.75) is 13.8 Å². The average molecular weight is 327 g/mol. The summed E-state index contributed by atoms with van der Waals surface area (Å²) in [4.78, 5) is 12.3. The van der Waals surface area contributed by atoms with Gasteiger partial charge in [-0.2, -0.15) is 5.10 Å². The molecule has 0 bridgehead atoms. The molecule has 1 amide bonds. The molecule has 3 rings (SSSR count). The van der Waals surface area contributed by atoms with Crippen molar-refractivity contribution < 1.29 is 13.6 Å². The highest BCUT2D eigenvalue weighted by Crippen LogP contribution is 2.24. The summed E-state index contributed by atoms with van der Waals surface area (Å²) in [5.74, 6) is -2.17. The van der Waals surface area contributed by atoms with Crippen molar-refractivity contribution in [3.05, 3.63) is 77.1 Å². The molecule has 1 N–H and O–H groups in total. The Morgan fingerprint density at radius 1 is 1.08 bits per heavy atom. The Bertz CT molecular complexity index is 904. The molecular formula is C18H15F2N3O. The van der Waals surface area contributed by atoms with E-state index in [1.54, 1.807) is 18.5 Å². The molecule has 0 unspecified atom stereocenters. The first-order chi connectivity index (χ1) is 11.5. The van der Waals surface area contributed by atoms with Gasteiger partial charge in [-0.15, -0.1) is 0 Å². The number of nitrogens with one attached hydrogen (secondary N) is 1. The Morgan fingerprint density at radius 3 is 2.50 bits per heavy atom. The zero-order chi connectivity index (χ0) is 17.3. The summed E-state index contributed by atoms with van der Waals surface area (Å²) in [6, 6.07) is 12.2. The van der Waals surface area contributed by atoms with Gasteiger partial charge in [-0.25, -0.2) is 13.5 Å². The van der Waals surface area contributed by atoms with Crippen molar-refractivity contribution >= 4 is 11.6 Å². The molecule has 0 spiro atoms. The maximum absolute atomic E-state index is 13.7. The van der Waals surface area contributed by atoms with E-state index in [0.717, 1.165) is 23.9 Å². The first-order valence-corrected chi connectivity index (χ1v) is 7.35. The van der Waals surface area contributed by atoms with E-state index in [1.807, 2.05) is 30.3 Å². The third kappa shape index (κ3) is 2.90. The van der Waals surface area contributed by atoms with Crippen molar-refractivity contribution in [3.8, 4) is 5.69 Å². The number of nitrogens with zero attached hydrogens (tertiary/aromatic N) is 2. The number of carbonyl (C=O) groups is 1. The minimum absolute atomic E-state index is 0.346. The molecule has 1 aromatic heterocycles. The number of anilines is 1. The Hall–Kier alpha value is -3.02. The lowest BCUT2D eigenvalue weighted by molar-refractivity contribution is 0.102. The van der Waals surface area contributed by atoms with E-state index in [1.165, 1.54) is 0 Å². The molecule has 122 valence electrons. The van der Waals surface area contributed by atoms with E-state index in [-0.39, 0.29) is 5.56 Å². The highest BCUT2D eigenvalue weighted by Gasteiger charge is 2.18. The Labute approximate surface area is 137 Å². The zero-order valence-electron chi connectivity index (χ0n) is 13.2. The summed E-state index contributed by atoms with van der Waals surface area (Å²) in [6.45, 7) is 3.54. The quantitative estimate of drug-likeness (QED) is 0.790. The van der Waals surface area contributed by atoms with E-state index >= 15 is 0 Å². The lowest BCUT2D eigenvalue weighted by Crippen LogP contribution is -2.15. The number of rotatable bonds is 3. The van der Waals surface area contributed by atoms with Crippen molar-refractivity contribution in [3.63, 3.8) is 0 Å². The minimum atomic E-state index is -0.778. The van der Waals surface area contributed by atoms with Gasteiger partial charge < -0.3 is 5.32 Å². The summed E-state index contributed by atoms with van der Waals surface area (Å²) in [5.41, 5.74) is 2.26. The Kier molecular flexibility index (Phi) is 4.12. The van der Waals surface area contributed by atoms with Gasteiger partial charge >= 0.3 is 0 Å². The monoisotopic (exact) mass is 327 g/mol. The summed E-state index contributed by atoms with van der Waals surface area (Å²) in [6.07, 6.45) is 0. The largest absolute Gasteiger partial charge is 0.319 e. The molecule has 0 saturated heterocycles. The van der Waals surface area contributed by atoms with Crippen LogP contribution in [0.5, 0.6) is 0 Å². The van der Waals surface area contributed by atoms with Crippen LogP contribution in [0.25, 0.3) is 5.69 Å². The van der Waals surface area contributed by atoms with Gasteiger partial charge in [-0.05, 0) is 44.2 Å². The van der Waals surface area contributed by atoms with E-state index < -0.39 is 17.5 Å². The van der Waals surface area contributed by atoms with Crippen molar-refractivity contribution in [1.82, 2.24) is 9.78 Å². The predicted octanol–water partition coefficient (Wildman–Crippen LogP) is 4.02. The maximum Gasteiger partial charge on any atom is 0.258 e. The van der Waals surface area contributed by atoms with Crippen LogP contribution in [0.4, 0.5) is 14.5 Å². The first-order valence-electron chi connectivity index (χ1n) is 7.35. The van der Waals surface area contributed by atoms with Crippen LogP contribution in [-0.4, -0.2) is 15.7 Å². The van der Waals surface area contributed by atoms with Gasteiger partial charge in [0.1, 0.15) is 11.6 Å². The molecule has 4 nitrogen and oxygen atoms in total. The molecule has 3 aromatic rings. The smallest absolute Gasteiger partial charge is 0.258 e. The number of hydrogen-bond donors (Lipinski definition) is 1. The number of halogens is 2. The summed E-state index contributed by atoms with van der Waals surface area (Å²) in [7, 11) is 0. The van der Waals surface area contributed by atoms with Crippen LogP contribution < -0.4 is 5.32 Å². The van der Waals surface area contributed by atoms with Crippen LogP contribution in [0.2, 0.25) is 0 Å². The van der Waals surface area contributed by atoms with Crippen LogP contribution in [0.3, 0.4) is 0 Å². The fraction of sp³-hybridized carbons (Fsp3) is 0.111. The SMILES string of the molecule is Cc1nn(-c2ccccc2)c(C)c1NC(=O)c1cc(F)ccc1F. The molecular weight excluding hydrogens is 312 g/mol. The lowest BCUT2D eigenvalue weighted by Gasteiger charge is -2.08. The van der Waals surface area contributed by atoms with Gasteiger partial charge in [0.25, 0.3) is 5.91 Å². The fourth-order valence-electron chi connectivity index (χ4n) is 2.50. The number of aryl methyl sites for hydroxylation is 1. The van der Waals surface area contributed by atoms with Gasteiger partial charge in [0.05, 0.1) is 28.3 Å². The number of carbonyl (C=O) groups excluding carboxylic acids is 1. The van der Waals surface area contributed by atoms with Gasteiger partial charge in [-0.1, -0.05) is 18.2 Å². The number of para-hydroxylation sites is 1. The van der Waals surface area contributed by atoms with Gasteiger partial charge in [0, 0.05) is 0 Å². The second-order valence-corrected chi connectivity index (χ2v) is 5.37. The summed E-state index contributed by atoms with van der Waals surface area (Å²) >= 11 is 0. The average Bonchev–Trinajstić information content (AvgIpc) is 2.86. The van der Waals surface area contributed by atoms with Crippen LogP contribution in [-0.2, 0) is 0 Å². The molecule has 6 heteroatoms. The molecule has 1 heterocycles. The van der Waals surface area contributed by atoms with Crippen LogP contribution in [0, 0.1) is 25.5 Å². The molecule has 0 saturated carbocycles. The first kappa shape index (κ1) is 15.9. The second kappa shape index (κ2) is 6.23. The van der Waals surface area contributed by atoms with Crippen molar-refractivity contribution in [2.24, 2.45) is 0 Å². The minimum Gasteiger partial charge on any atom is -0.319 e. The fourth-order valence-corrected chi connectivity index (χ4v) is 2.50. The molecule has 0 aliphatic rings. The number of aromatic nitrogens is 2. The Balaban J connectivity index is 1.95. The molecule has 0 fully saturated rings. The number of amides is 1. The van der Waals surface area contributed by atoms with Crippen LogP contribution in [0.15, 0.2) is 48.5 Å². The van der Waals surface area contributed by atoms with Crippen LogP contribution >= 0.6 is 0 Å². The van der Waals surface area contributed by atoms with Gasteiger partial charge in [-0.3, -0.25) is 4.79 Å². The molecule has 0 aliphatic carbocycles. The van der Waals surface area contributed by atoms with E-state index in [2.05, 4.69) is 10.4 Å². The zero-order valence-corrected chi connectivity index (χ0v) is 13.2.